The van der Waals surface area contributed by atoms with Crippen molar-refractivity contribution in [1.29, 1.82) is 5.41 Å². The van der Waals surface area contributed by atoms with Crippen LogP contribution in [0.15, 0.2) is 11.6 Å². The second-order valence-corrected chi connectivity index (χ2v) is 9.04. The molecule has 1 atom stereocenters. The van der Waals surface area contributed by atoms with Crippen molar-refractivity contribution in [3.8, 4) is 0 Å². The first-order valence-corrected chi connectivity index (χ1v) is 12.1. The van der Waals surface area contributed by atoms with Crippen molar-refractivity contribution >= 4 is 24.2 Å². The van der Waals surface area contributed by atoms with Gasteiger partial charge in [0.2, 0.25) is 12.3 Å². The lowest BCUT2D eigenvalue weighted by Gasteiger charge is -2.29. The highest BCUT2D eigenvalue weighted by Crippen LogP contribution is 2.28. The van der Waals surface area contributed by atoms with Crippen LogP contribution in [0.1, 0.15) is 57.8 Å². The van der Waals surface area contributed by atoms with Crippen LogP contribution >= 0.6 is 0 Å². The minimum Gasteiger partial charge on any atom is -0.480 e. The number of carboxylic acids is 1. The van der Waals surface area contributed by atoms with Gasteiger partial charge in [0.1, 0.15) is 0 Å². The summed E-state index contributed by atoms with van der Waals surface area (Å²) >= 11 is 0. The molecule has 186 valence electrons. The number of nitrogens with one attached hydrogen (secondary N) is 3. The quantitative estimate of drug-likeness (QED) is 0.147. The molecule has 1 saturated heterocycles. The van der Waals surface area contributed by atoms with Gasteiger partial charge in [-0.2, -0.15) is 0 Å². The van der Waals surface area contributed by atoms with Crippen molar-refractivity contribution < 1.29 is 19.5 Å². The second kappa shape index (κ2) is 14.5. The molecule has 2 heterocycles. The molecule has 1 unspecified atom stereocenters. The minimum atomic E-state index is -0.895. The number of hydrogen-bond donors (Lipinski definition) is 5. The van der Waals surface area contributed by atoms with Crippen molar-refractivity contribution in [3.05, 3.63) is 11.6 Å². The van der Waals surface area contributed by atoms with Crippen molar-refractivity contribution in [2.75, 3.05) is 39.3 Å². The maximum absolute atomic E-state index is 12.5. The summed E-state index contributed by atoms with van der Waals surface area (Å²) < 4.78 is 0. The molecule has 0 aromatic carbocycles. The van der Waals surface area contributed by atoms with Gasteiger partial charge in [-0.15, -0.1) is 0 Å². The van der Waals surface area contributed by atoms with Crippen LogP contribution in [0.5, 0.6) is 0 Å². The number of nitrogens with zero attached hydrogens (tertiary/aromatic N) is 2. The molecule has 0 bridgehead atoms. The number of amides is 2. The zero-order chi connectivity index (χ0) is 24.1. The minimum absolute atomic E-state index is 0.106. The van der Waals surface area contributed by atoms with Crippen LogP contribution in [-0.2, 0) is 14.4 Å². The molecular formula is C23H40N6O4. The highest BCUT2D eigenvalue weighted by Gasteiger charge is 2.29. The van der Waals surface area contributed by atoms with Crippen LogP contribution < -0.4 is 16.4 Å². The number of likely N-dealkylation sites (tertiary alicyclic amines) is 1. The summed E-state index contributed by atoms with van der Waals surface area (Å²) in [5.41, 5.74) is 6.52. The van der Waals surface area contributed by atoms with E-state index in [9.17, 15) is 14.4 Å². The summed E-state index contributed by atoms with van der Waals surface area (Å²) in [5, 5.41) is 21.6. The standard InChI is InChI=1S/C15H26N2O3.C8H14N4O/c18-14(19)11-16-13(10-12-6-2-1-3-7-12)15(20)17-8-4-5-9-17;9-8(10)12-3-1-7(2-4-12)5-11-6-13/h12-13,16H,1-11H2,(H,18,19);1,6H,2-5H2,(H3,9,10)(H,11,13). The Kier molecular flexibility index (Phi) is 11.7. The van der Waals surface area contributed by atoms with Gasteiger partial charge in [0.25, 0.3) is 0 Å². The molecule has 2 fully saturated rings. The number of carbonyl (C=O) groups excluding carboxylic acids is 2. The number of rotatable bonds is 9. The largest absolute Gasteiger partial charge is 0.480 e. The third-order valence-corrected chi connectivity index (χ3v) is 6.57. The summed E-state index contributed by atoms with van der Waals surface area (Å²) in [6.45, 7) is 3.57. The fraction of sp³-hybridized carbons (Fsp3) is 0.739. The zero-order valence-corrected chi connectivity index (χ0v) is 19.6. The lowest BCUT2D eigenvalue weighted by molar-refractivity contribution is -0.137. The first kappa shape index (κ1) is 26.6. The lowest BCUT2D eigenvalue weighted by atomic mass is 9.84. The molecule has 0 aromatic heterocycles. The number of guanidine groups is 1. The Labute approximate surface area is 196 Å². The predicted molar refractivity (Wildman–Crippen MR) is 127 cm³/mol. The van der Waals surface area contributed by atoms with Crippen LogP contribution in [0.2, 0.25) is 0 Å². The first-order valence-electron chi connectivity index (χ1n) is 12.1. The average molecular weight is 465 g/mol. The van der Waals surface area contributed by atoms with Crippen molar-refractivity contribution in [1.82, 2.24) is 20.4 Å². The van der Waals surface area contributed by atoms with E-state index < -0.39 is 5.97 Å². The van der Waals surface area contributed by atoms with Gasteiger partial charge in [0.05, 0.1) is 12.6 Å². The molecule has 0 aromatic rings. The molecule has 10 nitrogen and oxygen atoms in total. The molecule has 0 radical (unpaired) electrons. The summed E-state index contributed by atoms with van der Waals surface area (Å²) in [6, 6.07) is -0.313. The number of carbonyl (C=O) groups is 3. The first-order chi connectivity index (χ1) is 15.9. The van der Waals surface area contributed by atoms with Crippen LogP contribution in [-0.4, -0.2) is 84.5 Å². The summed E-state index contributed by atoms with van der Waals surface area (Å²) in [5.74, 6) is -0.109. The Morgan fingerprint density at radius 3 is 2.39 bits per heavy atom. The van der Waals surface area contributed by atoms with E-state index >= 15 is 0 Å². The van der Waals surface area contributed by atoms with Gasteiger partial charge in [-0.05, 0) is 31.6 Å². The van der Waals surface area contributed by atoms with E-state index in [0.29, 0.717) is 25.4 Å². The molecule has 1 saturated carbocycles. The van der Waals surface area contributed by atoms with Crippen molar-refractivity contribution in [2.45, 2.75) is 63.8 Å². The lowest BCUT2D eigenvalue weighted by Crippen LogP contribution is -2.48. The summed E-state index contributed by atoms with van der Waals surface area (Å²) in [7, 11) is 0. The number of hydrogen-bond acceptors (Lipinski definition) is 5. The third kappa shape index (κ3) is 9.81. The van der Waals surface area contributed by atoms with Crippen LogP contribution in [0.25, 0.3) is 0 Å². The van der Waals surface area contributed by atoms with Gasteiger partial charge in [0, 0.05) is 32.7 Å². The maximum Gasteiger partial charge on any atom is 0.317 e. The smallest absolute Gasteiger partial charge is 0.317 e. The Hall–Kier alpha value is -2.62. The Bertz CT molecular complexity index is 686. The molecule has 0 spiro atoms. The van der Waals surface area contributed by atoms with Gasteiger partial charge < -0.3 is 26.0 Å². The topological polar surface area (TPSA) is 152 Å². The molecule has 1 aliphatic carbocycles. The predicted octanol–water partition coefficient (Wildman–Crippen LogP) is 0.880. The van der Waals surface area contributed by atoms with E-state index in [4.69, 9.17) is 16.2 Å². The van der Waals surface area contributed by atoms with E-state index in [1.165, 1.54) is 37.7 Å². The molecule has 10 heteroatoms. The third-order valence-electron chi connectivity index (χ3n) is 6.57. The van der Waals surface area contributed by atoms with Gasteiger partial charge in [0.15, 0.2) is 5.96 Å². The van der Waals surface area contributed by atoms with Crippen LogP contribution in [0.4, 0.5) is 0 Å². The van der Waals surface area contributed by atoms with Gasteiger partial charge in [-0.1, -0.05) is 43.8 Å². The molecule has 2 aliphatic heterocycles. The van der Waals surface area contributed by atoms with E-state index in [1.807, 2.05) is 11.0 Å². The van der Waals surface area contributed by atoms with E-state index in [0.717, 1.165) is 45.3 Å². The average Bonchev–Trinajstić information content (AvgIpc) is 3.36. The van der Waals surface area contributed by atoms with E-state index in [2.05, 4.69) is 10.6 Å². The van der Waals surface area contributed by atoms with Crippen LogP contribution in [0.3, 0.4) is 0 Å². The SMILES string of the molecule is N=C(N)N1CC=C(CNC=O)CC1.O=C(O)CNC(CC1CCCCC1)C(=O)N1CCCC1. The van der Waals surface area contributed by atoms with Gasteiger partial charge >= 0.3 is 5.97 Å². The zero-order valence-electron chi connectivity index (χ0n) is 19.6. The molecule has 33 heavy (non-hydrogen) atoms. The molecule has 3 aliphatic rings. The number of nitrogens with two attached hydrogens (primary N) is 1. The van der Waals surface area contributed by atoms with E-state index in [-0.39, 0.29) is 24.5 Å². The van der Waals surface area contributed by atoms with Crippen LogP contribution in [0, 0.1) is 11.3 Å². The number of aliphatic carboxylic acids is 1. The fourth-order valence-electron chi connectivity index (χ4n) is 4.66. The number of carboxylic acid groups (broad SMARTS) is 1. The molecule has 3 rings (SSSR count). The monoisotopic (exact) mass is 464 g/mol. The van der Waals surface area contributed by atoms with Gasteiger partial charge in [-0.25, -0.2) is 0 Å². The molecule has 6 N–H and O–H groups in total. The summed E-state index contributed by atoms with van der Waals surface area (Å²) in [4.78, 5) is 36.9. The maximum atomic E-state index is 12.5. The highest BCUT2D eigenvalue weighted by molar-refractivity contribution is 5.83. The van der Waals surface area contributed by atoms with Crippen molar-refractivity contribution in [2.24, 2.45) is 11.7 Å². The second-order valence-electron chi connectivity index (χ2n) is 9.04. The van der Waals surface area contributed by atoms with Gasteiger partial charge in [-0.3, -0.25) is 25.1 Å². The summed E-state index contributed by atoms with van der Waals surface area (Å²) in [6.07, 6.45) is 12.6. The van der Waals surface area contributed by atoms with E-state index in [1.54, 1.807) is 4.90 Å². The Morgan fingerprint density at radius 1 is 1.15 bits per heavy atom. The highest BCUT2D eigenvalue weighted by atomic mass is 16.4. The molecular weight excluding hydrogens is 424 g/mol. The Morgan fingerprint density at radius 2 is 1.85 bits per heavy atom. The molecule has 2 amide bonds. The normalized spacial score (nSPS) is 19.7. The fourth-order valence-corrected chi connectivity index (χ4v) is 4.66. The van der Waals surface area contributed by atoms with Crippen molar-refractivity contribution in [3.63, 3.8) is 0 Å². The Balaban J connectivity index is 0.000000257.